The van der Waals surface area contributed by atoms with Gasteiger partial charge in [0.1, 0.15) is 17.3 Å². The molecule has 4 heteroatoms. The molecule has 0 amide bonds. The van der Waals surface area contributed by atoms with Crippen molar-refractivity contribution in [2.24, 2.45) is 34.5 Å². The largest absolute Gasteiger partial charge is 0.494 e. The fourth-order valence-corrected chi connectivity index (χ4v) is 10.4. The monoisotopic (exact) mass is 591 g/mol. The summed E-state index contributed by atoms with van der Waals surface area (Å²) in [5.74, 6) is 4.45. The predicted octanol–water partition coefficient (Wildman–Crippen LogP) is 9.80. The second-order valence-electron chi connectivity index (χ2n) is 15.2. The first-order valence-electron chi connectivity index (χ1n) is 18.4. The minimum Gasteiger partial charge on any atom is -0.494 e. The van der Waals surface area contributed by atoms with Crippen LogP contribution in [0.5, 0.6) is 5.75 Å². The number of rotatable bonds is 11. The number of hydrogen-bond acceptors (Lipinski definition) is 4. The Hall–Kier alpha value is -1.68. The lowest BCUT2D eigenvalue weighted by Crippen LogP contribution is -2.48. The van der Waals surface area contributed by atoms with E-state index in [-0.39, 0.29) is 5.41 Å². The van der Waals surface area contributed by atoms with Crippen LogP contribution in [0.25, 0.3) is 0 Å². The first kappa shape index (κ1) is 32.7. The lowest BCUT2D eigenvalue weighted by Gasteiger charge is -2.52. The van der Waals surface area contributed by atoms with Crippen molar-refractivity contribution in [3.63, 3.8) is 0 Å². The van der Waals surface area contributed by atoms with Gasteiger partial charge in [0.2, 0.25) is 0 Å². The van der Waals surface area contributed by atoms with Crippen molar-refractivity contribution in [1.29, 1.82) is 0 Å². The van der Waals surface area contributed by atoms with E-state index in [2.05, 4.69) is 57.3 Å². The number of carbonyl (C=O) groups is 2. The summed E-state index contributed by atoms with van der Waals surface area (Å²) < 4.78 is 6.51. The summed E-state index contributed by atoms with van der Waals surface area (Å²) in [6, 6.07) is 9.62. The van der Waals surface area contributed by atoms with Crippen LogP contribution in [0.1, 0.15) is 155 Å². The molecular formula is C39H61NO3. The summed E-state index contributed by atoms with van der Waals surface area (Å²) in [7, 11) is 0. The second kappa shape index (κ2) is 14.6. The van der Waals surface area contributed by atoms with E-state index in [1.165, 1.54) is 44.1 Å². The van der Waals surface area contributed by atoms with Crippen molar-refractivity contribution in [3.8, 4) is 5.75 Å². The average molecular weight is 592 g/mol. The molecular weight excluding hydrogens is 530 g/mol. The van der Waals surface area contributed by atoms with Crippen LogP contribution in [-0.2, 0) is 9.59 Å². The van der Waals surface area contributed by atoms with Crippen LogP contribution in [-0.4, -0.2) is 24.2 Å². The van der Waals surface area contributed by atoms with Crippen LogP contribution in [0.2, 0.25) is 0 Å². The van der Waals surface area contributed by atoms with Gasteiger partial charge in [0.05, 0.1) is 6.61 Å². The number of Topliss-reactive ketones (excluding diaryl/α,β-unsaturated/α-hetero) is 2. The third-order valence-corrected chi connectivity index (χ3v) is 13.0. The molecule has 1 N–H and O–H groups in total. The van der Waals surface area contributed by atoms with Gasteiger partial charge in [-0.25, -0.2) is 0 Å². The molecule has 0 aromatic heterocycles. The van der Waals surface area contributed by atoms with Gasteiger partial charge in [-0.3, -0.25) is 9.59 Å². The van der Waals surface area contributed by atoms with Crippen molar-refractivity contribution in [1.82, 2.24) is 5.32 Å². The molecule has 0 radical (unpaired) electrons. The van der Waals surface area contributed by atoms with Crippen LogP contribution in [0.15, 0.2) is 24.3 Å². The molecule has 0 aliphatic heterocycles. The van der Waals surface area contributed by atoms with Crippen LogP contribution >= 0.6 is 0 Å². The SMILES string of the molecule is CCCC(NC(CC)CC)c1cccc(OCCC23CCCC4C(CCCC5CC(=O)CCC54C)CC2CCCC3=O)c1. The van der Waals surface area contributed by atoms with Crippen molar-refractivity contribution in [2.45, 2.75) is 155 Å². The lowest BCUT2D eigenvalue weighted by atomic mass is 9.52. The molecule has 1 aromatic carbocycles. The van der Waals surface area contributed by atoms with Crippen LogP contribution in [0.3, 0.4) is 0 Å². The number of ketones is 2. The molecule has 4 aliphatic carbocycles. The van der Waals surface area contributed by atoms with Gasteiger partial charge in [0, 0.05) is 36.8 Å². The van der Waals surface area contributed by atoms with Crippen molar-refractivity contribution < 1.29 is 14.3 Å². The van der Waals surface area contributed by atoms with E-state index in [4.69, 9.17) is 4.74 Å². The first-order valence-corrected chi connectivity index (χ1v) is 18.4. The number of benzene rings is 1. The second-order valence-corrected chi connectivity index (χ2v) is 15.2. The summed E-state index contributed by atoms with van der Waals surface area (Å²) in [5.41, 5.74) is 1.41. The van der Waals surface area contributed by atoms with Crippen LogP contribution < -0.4 is 10.1 Å². The molecule has 7 atom stereocenters. The minimum atomic E-state index is -0.211. The van der Waals surface area contributed by atoms with Gasteiger partial charge < -0.3 is 10.1 Å². The highest BCUT2D eigenvalue weighted by atomic mass is 16.5. The highest BCUT2D eigenvalue weighted by molar-refractivity contribution is 5.86. The van der Waals surface area contributed by atoms with Crippen LogP contribution in [0.4, 0.5) is 0 Å². The van der Waals surface area contributed by atoms with Gasteiger partial charge in [0.15, 0.2) is 0 Å². The number of nitrogens with one attached hydrogen (secondary N) is 1. The van der Waals surface area contributed by atoms with E-state index in [0.29, 0.717) is 59.3 Å². The Morgan fingerprint density at radius 2 is 1.77 bits per heavy atom. The van der Waals surface area contributed by atoms with Gasteiger partial charge >= 0.3 is 0 Å². The molecule has 240 valence electrons. The first-order chi connectivity index (χ1) is 20.8. The normalized spacial score (nSPS) is 33.9. The number of hydrogen-bond donors (Lipinski definition) is 1. The Labute approximate surface area is 262 Å². The third kappa shape index (κ3) is 7.10. The highest BCUT2D eigenvalue weighted by Crippen LogP contribution is 2.59. The van der Waals surface area contributed by atoms with Crippen molar-refractivity contribution in [3.05, 3.63) is 29.8 Å². The molecule has 1 aromatic rings. The molecule has 4 fully saturated rings. The Bertz CT molecular complexity index is 1080. The molecule has 7 unspecified atom stereocenters. The number of carbonyl (C=O) groups excluding carboxylic acids is 2. The maximum Gasteiger partial charge on any atom is 0.139 e. The zero-order valence-electron chi connectivity index (χ0n) is 27.9. The Balaban J connectivity index is 1.29. The maximum absolute atomic E-state index is 13.9. The topological polar surface area (TPSA) is 55.4 Å². The maximum atomic E-state index is 13.9. The van der Waals surface area contributed by atoms with E-state index < -0.39 is 0 Å². The zero-order valence-corrected chi connectivity index (χ0v) is 27.9. The van der Waals surface area contributed by atoms with Gasteiger partial charge in [-0.2, -0.15) is 0 Å². The van der Waals surface area contributed by atoms with E-state index in [0.717, 1.165) is 82.8 Å². The summed E-state index contributed by atoms with van der Waals surface area (Å²) in [6.45, 7) is 9.97. The van der Waals surface area contributed by atoms with Gasteiger partial charge in [-0.15, -0.1) is 0 Å². The fourth-order valence-electron chi connectivity index (χ4n) is 10.4. The molecule has 0 bridgehead atoms. The average Bonchev–Trinajstić information content (AvgIpc) is 3.12. The number of ether oxygens (including phenoxy) is 1. The van der Waals surface area contributed by atoms with Gasteiger partial charge in [-0.1, -0.05) is 65.5 Å². The van der Waals surface area contributed by atoms with Crippen molar-refractivity contribution in [2.75, 3.05) is 6.61 Å². The van der Waals surface area contributed by atoms with E-state index in [9.17, 15) is 9.59 Å². The van der Waals surface area contributed by atoms with Crippen LogP contribution in [0, 0.1) is 34.5 Å². The summed E-state index contributed by atoms with van der Waals surface area (Å²) >= 11 is 0. The molecule has 4 aliphatic rings. The summed E-state index contributed by atoms with van der Waals surface area (Å²) in [6.07, 6.45) is 19.5. The van der Waals surface area contributed by atoms with E-state index in [1.807, 2.05) is 0 Å². The Kier molecular flexibility index (Phi) is 11.1. The third-order valence-electron chi connectivity index (χ3n) is 13.0. The molecule has 0 saturated heterocycles. The molecule has 4 nitrogen and oxygen atoms in total. The molecule has 5 rings (SSSR count). The Morgan fingerprint density at radius 1 is 0.953 bits per heavy atom. The summed E-state index contributed by atoms with van der Waals surface area (Å²) in [4.78, 5) is 26.3. The zero-order chi connectivity index (χ0) is 30.5. The van der Waals surface area contributed by atoms with Gasteiger partial charge in [0.25, 0.3) is 0 Å². The molecule has 4 saturated carbocycles. The Morgan fingerprint density at radius 3 is 2.56 bits per heavy atom. The number of fused-ring (bicyclic) bond motifs is 4. The fraction of sp³-hybridized carbons (Fsp3) is 0.795. The quantitative estimate of drug-likeness (QED) is 0.278. The summed E-state index contributed by atoms with van der Waals surface area (Å²) in [5, 5.41) is 3.89. The standard InChI is InChI=1S/C39H61NO3/c1-5-12-36(40-32(6-2)7-3)29-14-9-17-34(26-29)43-24-23-39-21-11-18-35-28(25-31(39)16-10-19-37(39)42)13-8-15-30-27-33(41)20-22-38(30,35)4/h9,14,17,26,28,30-32,35-36,40H,5-8,10-13,15-16,18-25,27H2,1-4H3. The predicted molar refractivity (Wildman–Crippen MR) is 176 cm³/mol. The highest BCUT2D eigenvalue weighted by Gasteiger charge is 2.53. The molecule has 43 heavy (non-hydrogen) atoms. The van der Waals surface area contributed by atoms with Gasteiger partial charge in [-0.05, 0) is 117 Å². The molecule has 0 heterocycles. The molecule has 0 spiro atoms. The van der Waals surface area contributed by atoms with E-state index in [1.54, 1.807) is 0 Å². The lowest BCUT2D eigenvalue weighted by molar-refractivity contribution is -0.140. The minimum absolute atomic E-state index is 0.211. The smallest absolute Gasteiger partial charge is 0.139 e. The van der Waals surface area contributed by atoms with E-state index >= 15 is 0 Å². The van der Waals surface area contributed by atoms with Crippen molar-refractivity contribution >= 4 is 11.6 Å².